The second-order valence-electron chi connectivity index (χ2n) is 2.89. The van der Waals surface area contributed by atoms with Crippen LogP contribution in [0, 0.1) is 0 Å². The Balaban J connectivity index is 3.23. The van der Waals surface area contributed by atoms with E-state index in [1.54, 1.807) is 0 Å². The van der Waals surface area contributed by atoms with E-state index in [4.69, 9.17) is 34.7 Å². The molecule has 0 saturated heterocycles. The minimum Gasteiger partial charge on any atom is -0.397 e. The van der Waals surface area contributed by atoms with E-state index in [-0.39, 0.29) is 21.3 Å². The molecule has 0 saturated carbocycles. The molecule has 1 atom stereocenters. The molecule has 2 nitrogen and oxygen atoms in total. The van der Waals surface area contributed by atoms with Crippen LogP contribution in [0.3, 0.4) is 0 Å². The average molecular weight is 259 g/mol. The molecule has 7 heteroatoms. The summed E-state index contributed by atoms with van der Waals surface area (Å²) in [6, 6.07) is 0.180. The Labute approximate surface area is 93.9 Å². The van der Waals surface area contributed by atoms with E-state index in [9.17, 15) is 13.2 Å². The lowest BCUT2D eigenvalue weighted by atomic mass is 10.1. The number of benzene rings is 1. The molecule has 0 heterocycles. The van der Waals surface area contributed by atoms with E-state index in [1.165, 1.54) is 6.07 Å². The molecule has 0 spiro atoms. The van der Waals surface area contributed by atoms with Crippen molar-refractivity contribution in [3.05, 3.63) is 27.7 Å². The van der Waals surface area contributed by atoms with Gasteiger partial charge in [0.2, 0.25) is 0 Å². The Morgan fingerprint density at radius 3 is 2.13 bits per heavy atom. The van der Waals surface area contributed by atoms with Gasteiger partial charge in [0.1, 0.15) is 6.04 Å². The average Bonchev–Trinajstić information content (AvgIpc) is 2.12. The molecule has 0 aromatic heterocycles. The lowest BCUT2D eigenvalue weighted by Gasteiger charge is -2.18. The van der Waals surface area contributed by atoms with E-state index >= 15 is 0 Å². The molecule has 0 fully saturated rings. The first-order valence-corrected chi connectivity index (χ1v) is 4.56. The van der Waals surface area contributed by atoms with Gasteiger partial charge in [-0.2, -0.15) is 13.2 Å². The summed E-state index contributed by atoms with van der Waals surface area (Å²) in [6.45, 7) is 0. The molecule has 0 unspecified atom stereocenters. The maximum atomic E-state index is 12.3. The number of hydrogen-bond donors (Lipinski definition) is 2. The van der Waals surface area contributed by atoms with Crippen LogP contribution in [0.2, 0.25) is 10.0 Å². The quantitative estimate of drug-likeness (QED) is 0.761. The van der Waals surface area contributed by atoms with Crippen molar-refractivity contribution in [2.24, 2.45) is 5.73 Å². The molecule has 84 valence electrons. The van der Waals surface area contributed by atoms with Crippen molar-refractivity contribution in [2.75, 3.05) is 5.73 Å². The lowest BCUT2D eigenvalue weighted by Crippen LogP contribution is -2.28. The normalized spacial score (nSPS) is 14.0. The summed E-state index contributed by atoms with van der Waals surface area (Å²) in [5.41, 5.74) is 10.2. The zero-order valence-corrected chi connectivity index (χ0v) is 8.79. The van der Waals surface area contributed by atoms with E-state index in [1.807, 2.05) is 0 Å². The molecule has 1 aromatic rings. The first-order valence-electron chi connectivity index (χ1n) is 3.80. The number of anilines is 1. The van der Waals surface area contributed by atoms with Crippen LogP contribution in [0.25, 0.3) is 0 Å². The third-order valence-corrected chi connectivity index (χ3v) is 2.74. The first kappa shape index (κ1) is 12.4. The summed E-state index contributed by atoms with van der Waals surface area (Å²) in [5, 5.41) is -0.379. The largest absolute Gasteiger partial charge is 0.407 e. The molecule has 0 bridgehead atoms. The zero-order valence-electron chi connectivity index (χ0n) is 7.28. The van der Waals surface area contributed by atoms with Gasteiger partial charge >= 0.3 is 6.18 Å². The molecule has 0 aliphatic rings. The smallest absolute Gasteiger partial charge is 0.397 e. The summed E-state index contributed by atoms with van der Waals surface area (Å²) >= 11 is 11.2. The highest BCUT2D eigenvalue weighted by Crippen LogP contribution is 2.39. The highest BCUT2D eigenvalue weighted by molar-refractivity contribution is 6.44. The molecular weight excluding hydrogens is 252 g/mol. The number of hydrogen-bond acceptors (Lipinski definition) is 2. The van der Waals surface area contributed by atoms with Gasteiger partial charge in [0.25, 0.3) is 0 Å². The highest BCUT2D eigenvalue weighted by atomic mass is 35.5. The maximum absolute atomic E-state index is 12.3. The summed E-state index contributed by atoms with van der Waals surface area (Å²) in [6.07, 6.45) is -4.57. The molecule has 15 heavy (non-hydrogen) atoms. The van der Waals surface area contributed by atoms with Gasteiger partial charge in [-0.1, -0.05) is 29.3 Å². The third-order valence-electron chi connectivity index (χ3n) is 1.83. The van der Waals surface area contributed by atoms with Crippen molar-refractivity contribution in [2.45, 2.75) is 12.2 Å². The van der Waals surface area contributed by atoms with E-state index in [0.717, 1.165) is 6.07 Å². The lowest BCUT2D eigenvalue weighted by molar-refractivity contribution is -0.149. The van der Waals surface area contributed by atoms with E-state index < -0.39 is 12.2 Å². The van der Waals surface area contributed by atoms with Crippen LogP contribution in [0.5, 0.6) is 0 Å². The summed E-state index contributed by atoms with van der Waals surface area (Å²) < 4.78 is 36.9. The Hall–Kier alpha value is -0.650. The summed E-state index contributed by atoms with van der Waals surface area (Å²) in [5.74, 6) is 0. The van der Waals surface area contributed by atoms with Crippen molar-refractivity contribution >= 4 is 28.9 Å². The minimum absolute atomic E-state index is 0.111. The van der Waals surface area contributed by atoms with Crippen LogP contribution < -0.4 is 11.5 Å². The fourth-order valence-corrected chi connectivity index (χ4v) is 1.46. The van der Waals surface area contributed by atoms with Crippen molar-refractivity contribution in [1.29, 1.82) is 0 Å². The molecule has 0 amide bonds. The SMILES string of the molecule is Nc1ccc([C@@H](N)C(F)(F)F)c(Cl)c1Cl. The second-order valence-corrected chi connectivity index (χ2v) is 3.65. The molecule has 0 aliphatic carbocycles. The van der Waals surface area contributed by atoms with Crippen molar-refractivity contribution < 1.29 is 13.2 Å². The molecule has 0 aliphatic heterocycles. The number of rotatable bonds is 1. The van der Waals surface area contributed by atoms with Crippen LogP contribution >= 0.6 is 23.2 Å². The zero-order chi connectivity index (χ0) is 11.8. The number of nitrogens with two attached hydrogens (primary N) is 2. The van der Waals surface area contributed by atoms with Crippen LogP contribution in [0.4, 0.5) is 18.9 Å². The van der Waals surface area contributed by atoms with Gasteiger partial charge in [-0.3, -0.25) is 0 Å². The van der Waals surface area contributed by atoms with E-state index in [2.05, 4.69) is 0 Å². The topological polar surface area (TPSA) is 52.0 Å². The Bertz CT molecular complexity index is 379. The maximum Gasteiger partial charge on any atom is 0.407 e. The number of nitrogen functional groups attached to an aromatic ring is 1. The van der Waals surface area contributed by atoms with Gasteiger partial charge in [0.15, 0.2) is 0 Å². The predicted molar refractivity (Wildman–Crippen MR) is 53.9 cm³/mol. The Morgan fingerprint density at radius 2 is 1.67 bits per heavy atom. The van der Waals surface area contributed by atoms with Crippen molar-refractivity contribution in [3.63, 3.8) is 0 Å². The first-order chi connectivity index (χ1) is 6.75. The monoisotopic (exact) mass is 258 g/mol. The predicted octanol–water partition coefficient (Wildman–Crippen LogP) is 3.14. The second kappa shape index (κ2) is 4.08. The fourth-order valence-electron chi connectivity index (χ4n) is 0.996. The van der Waals surface area contributed by atoms with Crippen LogP contribution in [0.1, 0.15) is 11.6 Å². The van der Waals surface area contributed by atoms with Gasteiger partial charge in [0.05, 0.1) is 15.7 Å². The van der Waals surface area contributed by atoms with E-state index in [0.29, 0.717) is 0 Å². The Morgan fingerprint density at radius 1 is 1.13 bits per heavy atom. The molecule has 0 radical (unpaired) electrons. The highest BCUT2D eigenvalue weighted by Gasteiger charge is 2.39. The molecule has 1 aromatic carbocycles. The van der Waals surface area contributed by atoms with Crippen LogP contribution in [-0.4, -0.2) is 6.18 Å². The van der Waals surface area contributed by atoms with Crippen LogP contribution in [0.15, 0.2) is 12.1 Å². The fraction of sp³-hybridized carbons (Fsp3) is 0.250. The number of halogens is 5. The summed E-state index contributed by atoms with van der Waals surface area (Å²) in [4.78, 5) is 0. The minimum atomic E-state index is -4.57. The van der Waals surface area contributed by atoms with Crippen molar-refractivity contribution in [1.82, 2.24) is 0 Å². The Kier molecular flexibility index (Phi) is 3.38. The third kappa shape index (κ3) is 2.48. The van der Waals surface area contributed by atoms with Gasteiger partial charge < -0.3 is 11.5 Å². The van der Waals surface area contributed by atoms with Crippen LogP contribution in [-0.2, 0) is 0 Å². The molecule has 4 N–H and O–H groups in total. The van der Waals surface area contributed by atoms with Gasteiger partial charge in [0, 0.05) is 0 Å². The van der Waals surface area contributed by atoms with Gasteiger partial charge in [-0.05, 0) is 11.6 Å². The number of alkyl halides is 3. The van der Waals surface area contributed by atoms with Crippen molar-refractivity contribution in [3.8, 4) is 0 Å². The summed E-state index contributed by atoms with van der Waals surface area (Å²) in [7, 11) is 0. The van der Waals surface area contributed by atoms with Gasteiger partial charge in [-0.25, -0.2) is 0 Å². The molecule has 1 rings (SSSR count). The molecular formula is C8H7Cl2F3N2. The standard InChI is InChI=1S/C8H7Cl2F3N2/c9-5-3(7(15)8(11,12)13)1-2-4(14)6(5)10/h1-2,7H,14-15H2/t7-/m1/s1. The van der Waals surface area contributed by atoms with Gasteiger partial charge in [-0.15, -0.1) is 0 Å².